The number of amides is 1. The Hall–Kier alpha value is -1.77. The molecule has 1 aliphatic rings. The highest BCUT2D eigenvalue weighted by molar-refractivity contribution is 7.73. The number of quaternary nitrogens is 1. The Balaban J connectivity index is 1.57. The van der Waals surface area contributed by atoms with E-state index in [1.54, 1.807) is 4.68 Å². The van der Waals surface area contributed by atoms with E-state index in [0.717, 1.165) is 28.6 Å². The van der Waals surface area contributed by atoms with Gasteiger partial charge in [-0.25, -0.2) is 0 Å². The van der Waals surface area contributed by atoms with Crippen LogP contribution < -0.4 is 15.5 Å². The third-order valence-corrected chi connectivity index (χ3v) is 5.48. The molecular weight excluding hydrogens is 366 g/mol. The average Bonchev–Trinajstić information content (AvgIpc) is 3.31. The van der Waals surface area contributed by atoms with Crippen molar-refractivity contribution in [2.75, 3.05) is 18.9 Å². The fourth-order valence-electron chi connectivity index (χ4n) is 2.62. The van der Waals surface area contributed by atoms with Gasteiger partial charge in [0, 0.05) is 11.7 Å². The lowest BCUT2D eigenvalue weighted by Crippen LogP contribution is -3.09. The minimum absolute atomic E-state index is 0.0929. The Morgan fingerprint density at radius 2 is 2.08 bits per heavy atom. The van der Waals surface area contributed by atoms with Gasteiger partial charge in [0.2, 0.25) is 5.13 Å². The van der Waals surface area contributed by atoms with E-state index in [1.165, 1.54) is 16.9 Å². The predicted octanol–water partition coefficient (Wildman–Crippen LogP) is 2.29. The molecule has 0 aliphatic heterocycles. The monoisotopic (exact) mass is 392 g/mol. The Morgan fingerprint density at radius 1 is 1.38 bits per heavy atom. The molecule has 1 saturated carbocycles. The zero-order chi connectivity index (χ0) is 18.7. The van der Waals surface area contributed by atoms with E-state index in [2.05, 4.69) is 53.8 Å². The maximum Gasteiger partial charge on any atom is 0.275 e. The van der Waals surface area contributed by atoms with Crippen LogP contribution in [0.5, 0.6) is 0 Å². The number of nitrogens with one attached hydrogen (secondary N) is 3. The van der Waals surface area contributed by atoms with E-state index in [9.17, 15) is 4.79 Å². The van der Waals surface area contributed by atoms with Crippen molar-refractivity contribution in [3.63, 3.8) is 0 Å². The molecule has 1 unspecified atom stereocenters. The van der Waals surface area contributed by atoms with Crippen LogP contribution in [0, 0.1) is 3.95 Å². The van der Waals surface area contributed by atoms with Gasteiger partial charge in [0.1, 0.15) is 0 Å². The van der Waals surface area contributed by atoms with Gasteiger partial charge < -0.3 is 15.5 Å². The highest BCUT2D eigenvalue weighted by atomic mass is 32.1. The van der Waals surface area contributed by atoms with Gasteiger partial charge in [0.05, 0.1) is 7.05 Å². The lowest BCUT2D eigenvalue weighted by Gasteiger charge is -2.13. The maximum atomic E-state index is 11.9. The molecule has 140 valence electrons. The molecule has 0 radical (unpaired) electrons. The number of carbonyl (C=O) groups is 1. The maximum absolute atomic E-state index is 11.9. The molecule has 1 amide bonds. The van der Waals surface area contributed by atoms with E-state index < -0.39 is 0 Å². The Kier molecular flexibility index (Phi) is 6.05. The normalized spacial score (nSPS) is 15.1. The summed E-state index contributed by atoms with van der Waals surface area (Å²) >= 11 is 6.86. The summed E-state index contributed by atoms with van der Waals surface area (Å²) in [7, 11) is 1.98. The smallest absolute Gasteiger partial charge is 0.275 e. The Bertz CT molecular complexity index is 808. The first-order valence-corrected chi connectivity index (χ1v) is 10.2. The second kappa shape index (κ2) is 8.28. The molecule has 6 nitrogen and oxygen atoms in total. The molecule has 3 N–H and O–H groups in total. The van der Waals surface area contributed by atoms with Crippen molar-refractivity contribution in [3.8, 4) is 0 Å². The van der Waals surface area contributed by atoms with Crippen LogP contribution in [0.3, 0.4) is 0 Å². The molecule has 1 atom stereocenters. The summed E-state index contributed by atoms with van der Waals surface area (Å²) in [6.45, 7) is 5.36. The van der Waals surface area contributed by atoms with Gasteiger partial charge in [0.25, 0.3) is 5.91 Å². The van der Waals surface area contributed by atoms with Crippen LogP contribution in [0.4, 0.5) is 10.8 Å². The topological polar surface area (TPSA) is 63.4 Å². The summed E-state index contributed by atoms with van der Waals surface area (Å²) < 4.78 is 2.48. The third kappa shape index (κ3) is 5.36. The summed E-state index contributed by atoms with van der Waals surface area (Å²) in [5.74, 6) is 0.608. The highest BCUT2D eigenvalue weighted by Gasteiger charge is 2.24. The number of aromatic nitrogens is 2. The van der Waals surface area contributed by atoms with Crippen molar-refractivity contribution in [2.24, 2.45) is 0 Å². The van der Waals surface area contributed by atoms with Crippen LogP contribution in [0.25, 0.3) is 0 Å². The molecular formula is C18H26N5OS2+. The van der Waals surface area contributed by atoms with Crippen molar-refractivity contribution >= 4 is 40.3 Å². The fraction of sp³-hybridized carbons (Fsp3) is 0.500. The van der Waals surface area contributed by atoms with Gasteiger partial charge >= 0.3 is 0 Å². The van der Waals surface area contributed by atoms with Crippen molar-refractivity contribution < 1.29 is 9.69 Å². The van der Waals surface area contributed by atoms with E-state index >= 15 is 0 Å². The molecule has 26 heavy (non-hydrogen) atoms. The molecule has 3 rings (SSSR count). The first-order valence-electron chi connectivity index (χ1n) is 8.96. The zero-order valence-corrected chi connectivity index (χ0v) is 17.0. The number of hydrogen-bond donors (Lipinski definition) is 3. The van der Waals surface area contributed by atoms with Gasteiger partial charge in [-0.15, -0.1) is 5.10 Å². The largest absolute Gasteiger partial charge is 0.348 e. The second-order valence-corrected chi connectivity index (χ2v) is 8.83. The highest BCUT2D eigenvalue weighted by Crippen LogP contribution is 2.22. The number of benzene rings is 1. The minimum Gasteiger partial charge on any atom is -0.348 e. The standard InChI is InChI=1S/C18H25N5OS2/c1-12(2)13-4-6-15(7-5-13)20-17-21-23(18(25)26-17)11-22(3)10-16(24)19-14-8-9-14/h4-7,12,14H,8-11H2,1-3H3,(H,19,24)(H,20,21)/p+1. The van der Waals surface area contributed by atoms with Crippen LogP contribution in [0.2, 0.25) is 0 Å². The van der Waals surface area contributed by atoms with Crippen LogP contribution in [0.1, 0.15) is 38.2 Å². The molecule has 2 aromatic rings. The predicted molar refractivity (Wildman–Crippen MR) is 108 cm³/mol. The fourth-order valence-corrected chi connectivity index (χ4v) is 3.65. The van der Waals surface area contributed by atoms with E-state index in [4.69, 9.17) is 12.2 Å². The molecule has 1 heterocycles. The first kappa shape index (κ1) is 19.0. The van der Waals surface area contributed by atoms with E-state index in [0.29, 0.717) is 29.1 Å². The van der Waals surface area contributed by atoms with E-state index in [1.807, 2.05) is 7.05 Å². The molecule has 1 fully saturated rings. The molecule has 0 saturated heterocycles. The molecule has 1 aliphatic carbocycles. The lowest BCUT2D eigenvalue weighted by atomic mass is 10.0. The summed E-state index contributed by atoms with van der Waals surface area (Å²) in [5, 5.41) is 11.6. The van der Waals surface area contributed by atoms with Gasteiger partial charge in [-0.3, -0.25) is 4.79 Å². The van der Waals surface area contributed by atoms with Crippen molar-refractivity contribution in [1.82, 2.24) is 15.1 Å². The van der Waals surface area contributed by atoms with Crippen molar-refractivity contribution in [2.45, 2.75) is 45.3 Å². The van der Waals surface area contributed by atoms with Gasteiger partial charge in [-0.2, -0.15) is 4.68 Å². The molecule has 1 aromatic heterocycles. The summed E-state index contributed by atoms with van der Waals surface area (Å²) in [6.07, 6.45) is 2.21. The van der Waals surface area contributed by atoms with Crippen LogP contribution in [-0.2, 0) is 11.5 Å². The second-order valence-electron chi connectivity index (χ2n) is 7.21. The van der Waals surface area contributed by atoms with Crippen molar-refractivity contribution in [3.05, 3.63) is 33.8 Å². The molecule has 0 spiro atoms. The summed E-state index contributed by atoms with van der Waals surface area (Å²) in [4.78, 5) is 13.0. The molecule has 0 bridgehead atoms. The quantitative estimate of drug-likeness (QED) is 0.603. The minimum atomic E-state index is 0.0929. The van der Waals surface area contributed by atoms with Crippen LogP contribution >= 0.6 is 23.6 Å². The molecule has 8 heteroatoms. The van der Waals surface area contributed by atoms with Gasteiger partial charge in [-0.05, 0) is 48.7 Å². The number of likely N-dealkylation sites (N-methyl/N-ethyl adjacent to an activating group) is 1. The Morgan fingerprint density at radius 3 is 2.69 bits per heavy atom. The number of hydrogen-bond acceptors (Lipinski definition) is 5. The number of nitrogens with zero attached hydrogens (tertiary/aromatic N) is 2. The Labute approximate surface area is 163 Å². The first-order chi connectivity index (χ1) is 12.4. The van der Waals surface area contributed by atoms with Crippen LogP contribution in [-0.4, -0.2) is 35.3 Å². The number of anilines is 2. The van der Waals surface area contributed by atoms with Crippen LogP contribution in [0.15, 0.2) is 24.3 Å². The lowest BCUT2D eigenvalue weighted by molar-refractivity contribution is -0.895. The van der Waals surface area contributed by atoms with Gasteiger partial charge in [-0.1, -0.05) is 37.3 Å². The van der Waals surface area contributed by atoms with E-state index in [-0.39, 0.29) is 5.91 Å². The summed E-state index contributed by atoms with van der Waals surface area (Å²) in [6, 6.07) is 8.77. The van der Waals surface area contributed by atoms with Gasteiger partial charge in [0.15, 0.2) is 17.2 Å². The SMILES string of the molecule is CC(C)c1ccc(Nc2nn(C[NH+](C)CC(=O)NC3CC3)c(=S)s2)cc1. The number of rotatable bonds is 8. The zero-order valence-electron chi connectivity index (χ0n) is 15.4. The average molecular weight is 393 g/mol. The summed E-state index contributed by atoms with van der Waals surface area (Å²) in [5.41, 5.74) is 2.30. The number of carbonyl (C=O) groups excluding carboxylic acids is 1. The van der Waals surface area contributed by atoms with Crippen molar-refractivity contribution in [1.29, 1.82) is 0 Å². The third-order valence-electron chi connectivity index (χ3n) is 4.26. The molecule has 1 aromatic carbocycles.